The van der Waals surface area contributed by atoms with Crippen molar-refractivity contribution < 1.29 is 36.6 Å². The molecule has 0 bridgehead atoms. The number of amides is 2. The van der Waals surface area contributed by atoms with Crippen molar-refractivity contribution in [2.75, 3.05) is 13.2 Å². The van der Waals surface area contributed by atoms with E-state index in [-0.39, 0.29) is 17.0 Å². The average molecular weight is 429 g/mol. The lowest BCUT2D eigenvalue weighted by Gasteiger charge is -2.25. The summed E-state index contributed by atoms with van der Waals surface area (Å²) in [5.74, 6) is -2.52. The third-order valence-electron chi connectivity index (χ3n) is 3.26. The van der Waals surface area contributed by atoms with Crippen LogP contribution < -0.4 is 15.8 Å². The van der Waals surface area contributed by atoms with Crippen LogP contribution in [0.2, 0.25) is 5.02 Å². The van der Waals surface area contributed by atoms with Crippen LogP contribution in [0.15, 0.2) is 12.1 Å². The van der Waals surface area contributed by atoms with Gasteiger partial charge in [0.2, 0.25) is 0 Å². The molecular weight excluding hydrogens is 408 g/mol. The zero-order valence-electron chi connectivity index (χ0n) is 15.5. The Bertz CT molecular complexity index is 720. The van der Waals surface area contributed by atoms with Gasteiger partial charge in [-0.05, 0) is 24.0 Å². The maximum absolute atomic E-state index is 14.1. The zero-order chi connectivity index (χ0) is 21.7. The minimum atomic E-state index is -4.62. The van der Waals surface area contributed by atoms with Gasteiger partial charge in [-0.15, -0.1) is 0 Å². The summed E-state index contributed by atoms with van der Waals surface area (Å²) >= 11 is 5.74. The molecule has 0 saturated heterocycles. The molecule has 0 heterocycles. The lowest BCUT2D eigenvalue weighted by Crippen LogP contribution is -2.34. The van der Waals surface area contributed by atoms with E-state index in [2.05, 4.69) is 0 Å². The number of ether oxygens (including phenoxy) is 2. The average Bonchev–Trinajstić information content (AvgIpc) is 2.48. The van der Waals surface area contributed by atoms with Gasteiger partial charge in [-0.25, -0.2) is 9.18 Å². The Balaban J connectivity index is 2.95. The van der Waals surface area contributed by atoms with E-state index in [9.17, 15) is 27.2 Å². The van der Waals surface area contributed by atoms with Gasteiger partial charge in [0.25, 0.3) is 5.91 Å². The number of nitrogens with two attached hydrogens (primary N) is 1. The van der Waals surface area contributed by atoms with Crippen molar-refractivity contribution in [3.63, 3.8) is 0 Å². The molecule has 1 atom stereocenters. The second-order valence-electron chi connectivity index (χ2n) is 7.20. The number of carbonyl (C=O) groups excluding carboxylic acids is 2. The van der Waals surface area contributed by atoms with Gasteiger partial charge in [-0.1, -0.05) is 32.4 Å². The van der Waals surface area contributed by atoms with Crippen molar-refractivity contribution >= 4 is 23.6 Å². The molecule has 2 amide bonds. The Morgan fingerprint density at radius 3 is 2.36 bits per heavy atom. The normalized spacial score (nSPS) is 13.0. The summed E-state index contributed by atoms with van der Waals surface area (Å²) in [7, 11) is 0. The van der Waals surface area contributed by atoms with E-state index in [1.165, 1.54) is 0 Å². The van der Waals surface area contributed by atoms with Gasteiger partial charge >= 0.3 is 12.3 Å². The number of alkyl halides is 3. The predicted molar refractivity (Wildman–Crippen MR) is 93.8 cm³/mol. The van der Waals surface area contributed by atoms with Crippen LogP contribution in [0.5, 0.6) is 5.75 Å². The first kappa shape index (κ1) is 23.8. The summed E-state index contributed by atoms with van der Waals surface area (Å²) in [6.07, 6.45) is -6.13. The first-order valence-electron chi connectivity index (χ1n) is 8.11. The van der Waals surface area contributed by atoms with Crippen LogP contribution in [0, 0.1) is 11.2 Å². The molecule has 0 unspecified atom stereocenters. The number of primary amides is 1. The van der Waals surface area contributed by atoms with Crippen molar-refractivity contribution in [1.82, 2.24) is 5.32 Å². The van der Waals surface area contributed by atoms with Gasteiger partial charge in [-0.3, -0.25) is 4.79 Å². The van der Waals surface area contributed by atoms with Crippen LogP contribution in [0.4, 0.5) is 22.4 Å². The van der Waals surface area contributed by atoms with Crippen molar-refractivity contribution in [3.05, 3.63) is 28.5 Å². The SMILES string of the molecule is CC(C)(C)C[C@H](COc1cc(C(=O)NCC(F)(F)F)c(Cl)cc1F)OC(N)=O. The molecule has 0 saturated carbocycles. The van der Waals surface area contributed by atoms with E-state index in [0.717, 1.165) is 12.1 Å². The maximum atomic E-state index is 14.1. The Morgan fingerprint density at radius 1 is 1.25 bits per heavy atom. The van der Waals surface area contributed by atoms with Crippen molar-refractivity contribution in [3.8, 4) is 5.75 Å². The van der Waals surface area contributed by atoms with E-state index >= 15 is 0 Å². The third kappa shape index (κ3) is 8.64. The molecule has 1 aromatic rings. The minimum Gasteiger partial charge on any atom is -0.487 e. The molecule has 6 nitrogen and oxygen atoms in total. The van der Waals surface area contributed by atoms with Gasteiger partial charge in [-0.2, -0.15) is 13.2 Å². The molecule has 1 aromatic carbocycles. The summed E-state index contributed by atoms with van der Waals surface area (Å²) in [4.78, 5) is 22.9. The summed E-state index contributed by atoms with van der Waals surface area (Å²) < 4.78 is 61.0. The van der Waals surface area contributed by atoms with Crippen LogP contribution in [-0.4, -0.2) is 37.4 Å². The molecule has 0 spiro atoms. The van der Waals surface area contributed by atoms with Crippen LogP contribution in [-0.2, 0) is 4.74 Å². The summed E-state index contributed by atoms with van der Waals surface area (Å²) in [6, 6.07) is 1.62. The van der Waals surface area contributed by atoms with Crippen molar-refractivity contribution in [2.24, 2.45) is 11.1 Å². The number of benzene rings is 1. The Morgan fingerprint density at radius 2 is 1.86 bits per heavy atom. The first-order valence-corrected chi connectivity index (χ1v) is 8.48. The number of hydrogen-bond donors (Lipinski definition) is 2. The Kier molecular flexibility index (Phi) is 7.92. The quantitative estimate of drug-likeness (QED) is 0.641. The van der Waals surface area contributed by atoms with E-state index in [4.69, 9.17) is 26.8 Å². The summed E-state index contributed by atoms with van der Waals surface area (Å²) in [6.45, 7) is 3.75. The molecule has 0 fully saturated rings. The Hall–Kier alpha value is -2.23. The fourth-order valence-corrected chi connectivity index (χ4v) is 2.49. The molecule has 11 heteroatoms. The van der Waals surface area contributed by atoms with E-state index < -0.39 is 48.0 Å². The molecule has 3 N–H and O–H groups in total. The topological polar surface area (TPSA) is 90.7 Å². The number of halogens is 5. The standard InChI is InChI=1S/C17H21ClF4N2O4/c1-16(2,3)6-9(28-15(23)26)7-27-13-4-10(11(18)5-12(13)19)14(25)24-8-17(20,21)22/h4-5,9H,6-8H2,1-3H3,(H2,23,26)(H,24,25)/t9-/m1/s1. The minimum absolute atomic E-state index is 0.273. The monoisotopic (exact) mass is 428 g/mol. The summed E-state index contributed by atoms with van der Waals surface area (Å²) in [5.41, 5.74) is 4.34. The number of rotatable bonds is 7. The molecule has 1 rings (SSSR count). The Labute approximate surface area is 164 Å². The second kappa shape index (κ2) is 9.31. The fraction of sp³-hybridized carbons (Fsp3) is 0.529. The van der Waals surface area contributed by atoms with Crippen LogP contribution >= 0.6 is 11.6 Å². The predicted octanol–water partition coefficient (Wildman–Crippen LogP) is 4.05. The zero-order valence-corrected chi connectivity index (χ0v) is 16.2. The number of nitrogens with one attached hydrogen (secondary N) is 1. The number of hydrogen-bond acceptors (Lipinski definition) is 4. The first-order chi connectivity index (χ1) is 12.7. The van der Waals surface area contributed by atoms with Gasteiger partial charge < -0.3 is 20.5 Å². The molecule has 0 radical (unpaired) electrons. The van der Waals surface area contributed by atoms with Crippen molar-refractivity contribution in [2.45, 2.75) is 39.5 Å². The van der Waals surface area contributed by atoms with Crippen molar-refractivity contribution in [1.29, 1.82) is 0 Å². The van der Waals surface area contributed by atoms with Crippen LogP contribution in [0.3, 0.4) is 0 Å². The fourth-order valence-electron chi connectivity index (χ4n) is 2.25. The van der Waals surface area contributed by atoms with Crippen LogP contribution in [0.25, 0.3) is 0 Å². The highest BCUT2D eigenvalue weighted by Crippen LogP contribution is 2.28. The molecule has 0 aliphatic heterocycles. The van der Waals surface area contributed by atoms with Gasteiger partial charge in [0.1, 0.15) is 19.3 Å². The highest BCUT2D eigenvalue weighted by atomic mass is 35.5. The van der Waals surface area contributed by atoms with E-state index in [1.807, 2.05) is 20.8 Å². The highest BCUT2D eigenvalue weighted by Gasteiger charge is 2.29. The largest absolute Gasteiger partial charge is 0.487 e. The molecule has 0 aromatic heterocycles. The third-order valence-corrected chi connectivity index (χ3v) is 3.58. The smallest absolute Gasteiger partial charge is 0.405 e. The number of carbonyl (C=O) groups is 2. The van der Waals surface area contributed by atoms with E-state index in [1.54, 1.807) is 5.32 Å². The lowest BCUT2D eigenvalue weighted by atomic mass is 9.89. The molecule has 28 heavy (non-hydrogen) atoms. The van der Waals surface area contributed by atoms with Gasteiger partial charge in [0, 0.05) is 0 Å². The van der Waals surface area contributed by atoms with E-state index in [0.29, 0.717) is 6.42 Å². The molecule has 0 aliphatic rings. The molecular formula is C17H21ClF4N2O4. The highest BCUT2D eigenvalue weighted by molar-refractivity contribution is 6.33. The second-order valence-corrected chi connectivity index (χ2v) is 7.60. The van der Waals surface area contributed by atoms with Crippen LogP contribution in [0.1, 0.15) is 37.6 Å². The van der Waals surface area contributed by atoms with Gasteiger partial charge in [0.05, 0.1) is 10.6 Å². The van der Waals surface area contributed by atoms with Gasteiger partial charge in [0.15, 0.2) is 11.6 Å². The molecule has 158 valence electrons. The maximum Gasteiger partial charge on any atom is 0.405 e. The molecule has 0 aliphatic carbocycles. The lowest BCUT2D eigenvalue weighted by molar-refractivity contribution is -0.123. The summed E-state index contributed by atoms with van der Waals surface area (Å²) in [5, 5.41) is 1.25.